The average molecular weight is 329 g/mol. The quantitative estimate of drug-likeness (QED) is 0.396. The third kappa shape index (κ3) is 5.57. The molecule has 0 unspecified atom stereocenters. The van der Waals surface area contributed by atoms with Crippen LogP contribution in [0.5, 0.6) is 0 Å². The molecule has 2 rings (SSSR count). The second-order valence-electron chi connectivity index (χ2n) is 6.46. The van der Waals surface area contributed by atoms with Crippen LogP contribution in [0.1, 0.15) is 24.5 Å². The first-order valence-electron chi connectivity index (χ1n) is 8.83. The van der Waals surface area contributed by atoms with Gasteiger partial charge in [-0.1, -0.05) is 12.1 Å². The molecule has 0 atom stereocenters. The van der Waals surface area contributed by atoms with Crippen molar-refractivity contribution in [2.45, 2.75) is 26.7 Å². The van der Waals surface area contributed by atoms with Gasteiger partial charge in [0.2, 0.25) is 0 Å². The van der Waals surface area contributed by atoms with E-state index in [0.29, 0.717) is 0 Å². The minimum Gasteiger partial charge on any atom is -0.361 e. The minimum atomic E-state index is 0.847. The van der Waals surface area contributed by atoms with Crippen LogP contribution >= 0.6 is 0 Å². The van der Waals surface area contributed by atoms with Crippen molar-refractivity contribution in [2.75, 3.05) is 40.3 Å². The minimum absolute atomic E-state index is 0.847. The van der Waals surface area contributed by atoms with E-state index in [4.69, 9.17) is 0 Å². The lowest BCUT2D eigenvalue weighted by Gasteiger charge is -2.12. The molecule has 1 aromatic carbocycles. The van der Waals surface area contributed by atoms with Crippen molar-refractivity contribution in [1.29, 1.82) is 0 Å². The molecular weight excluding hydrogens is 298 g/mol. The molecule has 0 aliphatic carbocycles. The number of benzene rings is 1. The smallest absolute Gasteiger partial charge is 0.191 e. The standard InChI is InChI=1S/C19H31N5/c1-5-20-19(21-10-6-12-24(3)4)22-11-9-16-14-23-18-13-15(2)7-8-17(16)18/h7-8,13-14,23H,5-6,9-12H2,1-4H3,(H2,20,21,22). The van der Waals surface area contributed by atoms with Crippen molar-refractivity contribution in [2.24, 2.45) is 4.99 Å². The number of nitrogens with one attached hydrogen (secondary N) is 3. The first kappa shape index (κ1) is 18.3. The third-order valence-corrected chi connectivity index (χ3v) is 3.99. The van der Waals surface area contributed by atoms with Crippen LogP contribution in [0.25, 0.3) is 10.9 Å². The van der Waals surface area contributed by atoms with Crippen LogP contribution in [0.2, 0.25) is 0 Å². The lowest BCUT2D eigenvalue weighted by molar-refractivity contribution is 0.403. The molecule has 0 amide bonds. The van der Waals surface area contributed by atoms with E-state index in [1.165, 1.54) is 22.0 Å². The number of fused-ring (bicyclic) bond motifs is 1. The van der Waals surface area contributed by atoms with E-state index in [1.807, 2.05) is 0 Å². The van der Waals surface area contributed by atoms with Gasteiger partial charge in [0.25, 0.3) is 0 Å². The Hall–Kier alpha value is -2.01. The monoisotopic (exact) mass is 329 g/mol. The Morgan fingerprint density at radius 2 is 2.08 bits per heavy atom. The van der Waals surface area contributed by atoms with Gasteiger partial charge in [0.05, 0.1) is 0 Å². The molecule has 1 heterocycles. The number of H-pyrrole nitrogens is 1. The van der Waals surface area contributed by atoms with E-state index in [2.05, 4.69) is 77.8 Å². The SMILES string of the molecule is CCNC(=NCCCN(C)C)NCCc1c[nH]c2cc(C)ccc12. The molecule has 0 radical (unpaired) electrons. The number of hydrogen-bond acceptors (Lipinski definition) is 2. The zero-order valence-electron chi connectivity index (χ0n) is 15.4. The Bertz CT molecular complexity index is 657. The predicted molar refractivity (Wildman–Crippen MR) is 104 cm³/mol. The fourth-order valence-electron chi connectivity index (χ4n) is 2.74. The highest BCUT2D eigenvalue weighted by atomic mass is 15.2. The number of hydrogen-bond donors (Lipinski definition) is 3. The largest absolute Gasteiger partial charge is 0.361 e. The molecule has 0 aliphatic rings. The Balaban J connectivity index is 1.86. The van der Waals surface area contributed by atoms with Crippen LogP contribution in [0.4, 0.5) is 0 Å². The van der Waals surface area contributed by atoms with E-state index in [9.17, 15) is 0 Å². The lowest BCUT2D eigenvalue weighted by atomic mass is 10.1. The van der Waals surface area contributed by atoms with Gasteiger partial charge >= 0.3 is 0 Å². The van der Waals surface area contributed by atoms with Crippen molar-refractivity contribution in [3.05, 3.63) is 35.5 Å². The first-order chi connectivity index (χ1) is 11.6. The molecule has 0 spiro atoms. The number of aliphatic imine (C=N–C) groups is 1. The maximum Gasteiger partial charge on any atom is 0.191 e. The summed E-state index contributed by atoms with van der Waals surface area (Å²) in [5.41, 5.74) is 3.85. The summed E-state index contributed by atoms with van der Waals surface area (Å²) >= 11 is 0. The number of aromatic amines is 1. The highest BCUT2D eigenvalue weighted by Gasteiger charge is 2.04. The van der Waals surface area contributed by atoms with Gasteiger partial charge in [-0.05, 0) is 64.5 Å². The molecule has 0 bridgehead atoms. The molecule has 24 heavy (non-hydrogen) atoms. The molecule has 3 N–H and O–H groups in total. The number of aromatic nitrogens is 1. The number of nitrogens with zero attached hydrogens (tertiary/aromatic N) is 2. The molecule has 0 saturated carbocycles. The normalized spacial score (nSPS) is 12.1. The van der Waals surface area contributed by atoms with E-state index in [1.54, 1.807) is 0 Å². The van der Waals surface area contributed by atoms with Crippen molar-refractivity contribution in [3.8, 4) is 0 Å². The lowest BCUT2D eigenvalue weighted by Crippen LogP contribution is -2.38. The fourth-order valence-corrected chi connectivity index (χ4v) is 2.74. The first-order valence-corrected chi connectivity index (χ1v) is 8.83. The molecule has 5 nitrogen and oxygen atoms in total. The van der Waals surface area contributed by atoms with Crippen LogP contribution in [0.3, 0.4) is 0 Å². The van der Waals surface area contributed by atoms with Crippen molar-refractivity contribution in [1.82, 2.24) is 20.5 Å². The molecule has 132 valence electrons. The van der Waals surface area contributed by atoms with E-state index < -0.39 is 0 Å². The zero-order chi connectivity index (χ0) is 17.4. The average Bonchev–Trinajstić information content (AvgIpc) is 2.93. The van der Waals surface area contributed by atoms with Gasteiger partial charge in [-0.3, -0.25) is 4.99 Å². The summed E-state index contributed by atoms with van der Waals surface area (Å²) in [7, 11) is 4.19. The summed E-state index contributed by atoms with van der Waals surface area (Å²) in [6, 6.07) is 6.57. The van der Waals surface area contributed by atoms with Gasteiger partial charge in [-0.25, -0.2) is 0 Å². The van der Waals surface area contributed by atoms with Gasteiger partial charge in [-0.2, -0.15) is 0 Å². The summed E-state index contributed by atoms with van der Waals surface area (Å²) in [6.07, 6.45) is 4.17. The van der Waals surface area contributed by atoms with E-state index in [-0.39, 0.29) is 0 Å². The molecule has 2 aromatic rings. The third-order valence-electron chi connectivity index (χ3n) is 3.99. The van der Waals surface area contributed by atoms with Gasteiger partial charge in [0.15, 0.2) is 5.96 Å². The topological polar surface area (TPSA) is 55.5 Å². The number of guanidine groups is 1. The summed E-state index contributed by atoms with van der Waals surface area (Å²) < 4.78 is 0. The van der Waals surface area contributed by atoms with Crippen LogP contribution < -0.4 is 10.6 Å². The Kier molecular flexibility index (Phi) is 7.12. The van der Waals surface area contributed by atoms with E-state index >= 15 is 0 Å². The Labute approximate surface area is 145 Å². The maximum atomic E-state index is 4.64. The van der Waals surface area contributed by atoms with Crippen LogP contribution in [-0.2, 0) is 6.42 Å². The summed E-state index contributed by atoms with van der Waals surface area (Å²) in [6.45, 7) is 7.89. The number of aryl methyl sites for hydroxylation is 1. The van der Waals surface area contributed by atoms with Crippen molar-refractivity contribution in [3.63, 3.8) is 0 Å². The second kappa shape index (κ2) is 9.33. The zero-order valence-corrected chi connectivity index (χ0v) is 15.4. The fraction of sp³-hybridized carbons (Fsp3) is 0.526. The molecule has 0 saturated heterocycles. The Morgan fingerprint density at radius 3 is 2.83 bits per heavy atom. The van der Waals surface area contributed by atoms with E-state index in [0.717, 1.165) is 45.0 Å². The molecule has 0 aliphatic heterocycles. The summed E-state index contributed by atoms with van der Waals surface area (Å²) in [5, 5.41) is 8.06. The summed E-state index contributed by atoms with van der Waals surface area (Å²) in [5.74, 6) is 0.909. The molecule has 5 heteroatoms. The highest BCUT2D eigenvalue weighted by Crippen LogP contribution is 2.19. The van der Waals surface area contributed by atoms with Crippen LogP contribution in [-0.4, -0.2) is 56.1 Å². The van der Waals surface area contributed by atoms with Gasteiger partial charge in [-0.15, -0.1) is 0 Å². The van der Waals surface area contributed by atoms with Crippen LogP contribution in [0.15, 0.2) is 29.4 Å². The van der Waals surface area contributed by atoms with Crippen molar-refractivity contribution < 1.29 is 0 Å². The van der Waals surface area contributed by atoms with Gasteiger partial charge in [0.1, 0.15) is 0 Å². The van der Waals surface area contributed by atoms with Crippen LogP contribution in [0, 0.1) is 6.92 Å². The highest BCUT2D eigenvalue weighted by molar-refractivity contribution is 5.84. The Morgan fingerprint density at radius 1 is 1.25 bits per heavy atom. The predicted octanol–water partition coefficient (Wildman–Crippen LogP) is 2.53. The number of rotatable bonds is 8. The summed E-state index contributed by atoms with van der Waals surface area (Å²) in [4.78, 5) is 10.2. The molecule has 0 fully saturated rings. The van der Waals surface area contributed by atoms with Gasteiger partial charge < -0.3 is 20.5 Å². The molecule has 1 aromatic heterocycles. The van der Waals surface area contributed by atoms with Crippen molar-refractivity contribution >= 4 is 16.9 Å². The van der Waals surface area contributed by atoms with Gasteiger partial charge in [0, 0.05) is 36.7 Å². The molecular formula is C19H31N5. The second-order valence-corrected chi connectivity index (χ2v) is 6.46. The maximum absolute atomic E-state index is 4.64.